The fraction of sp³-hybridized carbons (Fsp3) is 0.857. The molecule has 1 atom stereocenters. The Labute approximate surface area is 120 Å². The lowest BCUT2D eigenvalue weighted by Gasteiger charge is -2.34. The van der Waals surface area contributed by atoms with Gasteiger partial charge < -0.3 is 20.4 Å². The summed E-state index contributed by atoms with van der Waals surface area (Å²) in [5.41, 5.74) is -1.43. The second-order valence-corrected chi connectivity index (χ2v) is 6.25. The van der Waals surface area contributed by atoms with Crippen LogP contribution in [0.5, 0.6) is 0 Å². The first kappa shape index (κ1) is 16.8. The predicted octanol–water partition coefficient (Wildman–Crippen LogP) is 1.43. The van der Waals surface area contributed by atoms with Crippen LogP contribution in [0.1, 0.15) is 46.0 Å². The van der Waals surface area contributed by atoms with Gasteiger partial charge in [-0.2, -0.15) is 0 Å². The molecule has 0 aromatic carbocycles. The second kappa shape index (κ2) is 6.92. The third-order valence-electron chi connectivity index (χ3n) is 4.01. The van der Waals surface area contributed by atoms with Crippen molar-refractivity contribution < 1.29 is 19.8 Å². The van der Waals surface area contributed by atoms with E-state index in [0.717, 1.165) is 31.6 Å². The monoisotopic (exact) mass is 286 g/mol. The van der Waals surface area contributed by atoms with Crippen LogP contribution in [0.15, 0.2) is 0 Å². The number of carbonyl (C=O) groups is 2. The van der Waals surface area contributed by atoms with Crippen molar-refractivity contribution in [3.63, 3.8) is 0 Å². The number of carboxylic acids is 1. The highest BCUT2D eigenvalue weighted by atomic mass is 16.4. The van der Waals surface area contributed by atoms with Crippen molar-refractivity contribution >= 4 is 12.0 Å². The van der Waals surface area contributed by atoms with Crippen LogP contribution in [0.4, 0.5) is 4.79 Å². The fourth-order valence-corrected chi connectivity index (χ4v) is 2.57. The number of carboxylic acid groups (broad SMARTS) is 1. The van der Waals surface area contributed by atoms with Gasteiger partial charge in [0.2, 0.25) is 0 Å². The van der Waals surface area contributed by atoms with E-state index in [1.54, 1.807) is 11.9 Å². The van der Waals surface area contributed by atoms with E-state index in [-0.39, 0.29) is 18.6 Å². The lowest BCUT2D eigenvalue weighted by molar-refractivity contribution is -0.141. The summed E-state index contributed by atoms with van der Waals surface area (Å²) in [5, 5.41) is 21.1. The summed E-state index contributed by atoms with van der Waals surface area (Å²) in [6, 6.07) is -0.0224. The minimum atomic E-state index is -1.43. The van der Waals surface area contributed by atoms with Gasteiger partial charge in [0.1, 0.15) is 0 Å². The normalized spacial score (nSPS) is 25.6. The smallest absolute Gasteiger partial charge is 0.317 e. The van der Waals surface area contributed by atoms with Gasteiger partial charge in [-0.25, -0.2) is 4.79 Å². The topological polar surface area (TPSA) is 89.9 Å². The third-order valence-corrected chi connectivity index (χ3v) is 4.01. The van der Waals surface area contributed by atoms with E-state index in [0.29, 0.717) is 0 Å². The maximum Gasteiger partial charge on any atom is 0.317 e. The highest BCUT2D eigenvalue weighted by Crippen LogP contribution is 2.26. The Morgan fingerprint density at radius 2 is 1.85 bits per heavy atom. The predicted molar refractivity (Wildman–Crippen MR) is 75.5 cm³/mol. The summed E-state index contributed by atoms with van der Waals surface area (Å²) < 4.78 is 0. The third kappa shape index (κ3) is 5.36. The van der Waals surface area contributed by atoms with Gasteiger partial charge in [-0.05, 0) is 38.5 Å². The summed E-state index contributed by atoms with van der Waals surface area (Å²) in [6.45, 7) is 3.56. The molecule has 116 valence electrons. The molecule has 1 fully saturated rings. The summed E-state index contributed by atoms with van der Waals surface area (Å²) in [6.07, 6.45) is 3.85. The summed E-state index contributed by atoms with van der Waals surface area (Å²) in [7, 11) is 1.75. The molecule has 3 N–H and O–H groups in total. The van der Waals surface area contributed by atoms with Crippen molar-refractivity contribution in [1.29, 1.82) is 0 Å². The number of rotatable bonds is 5. The molecule has 0 heterocycles. The molecule has 0 radical (unpaired) electrons. The zero-order valence-corrected chi connectivity index (χ0v) is 12.6. The number of nitrogens with zero attached hydrogens (tertiary/aromatic N) is 1. The van der Waals surface area contributed by atoms with Gasteiger partial charge in [0, 0.05) is 19.6 Å². The molecule has 1 unspecified atom stereocenters. The fourth-order valence-electron chi connectivity index (χ4n) is 2.57. The highest BCUT2D eigenvalue weighted by Gasteiger charge is 2.28. The quantitative estimate of drug-likeness (QED) is 0.713. The maximum atomic E-state index is 12.0. The van der Waals surface area contributed by atoms with Gasteiger partial charge in [-0.3, -0.25) is 4.79 Å². The van der Waals surface area contributed by atoms with E-state index in [1.165, 1.54) is 6.92 Å². The molecule has 0 saturated heterocycles. The van der Waals surface area contributed by atoms with E-state index in [4.69, 9.17) is 5.11 Å². The molecule has 6 heteroatoms. The second-order valence-electron chi connectivity index (χ2n) is 6.25. The minimum Gasteiger partial charge on any atom is -0.481 e. The Bertz CT molecular complexity index is 349. The zero-order valence-electron chi connectivity index (χ0n) is 12.6. The van der Waals surface area contributed by atoms with Crippen molar-refractivity contribution in [3.8, 4) is 0 Å². The lowest BCUT2D eigenvalue weighted by atomic mass is 9.87. The van der Waals surface area contributed by atoms with Crippen LogP contribution >= 0.6 is 0 Å². The van der Waals surface area contributed by atoms with Crippen LogP contribution in [0.3, 0.4) is 0 Å². The molecule has 1 saturated carbocycles. The SMILES string of the molecule is CC1CCC(N(C)C(=O)NCC(C)(O)CC(=O)O)CC1. The van der Waals surface area contributed by atoms with Crippen molar-refractivity contribution in [2.24, 2.45) is 5.92 Å². The average Bonchev–Trinajstić information content (AvgIpc) is 2.34. The molecule has 0 aromatic heterocycles. The molecule has 0 bridgehead atoms. The Kier molecular flexibility index (Phi) is 5.80. The van der Waals surface area contributed by atoms with Gasteiger partial charge >= 0.3 is 12.0 Å². The lowest BCUT2D eigenvalue weighted by Crippen LogP contribution is -2.49. The van der Waals surface area contributed by atoms with Gasteiger partial charge in [-0.1, -0.05) is 6.92 Å². The number of hydrogen-bond acceptors (Lipinski definition) is 3. The van der Waals surface area contributed by atoms with Crippen LogP contribution in [0.25, 0.3) is 0 Å². The number of carbonyl (C=O) groups excluding carboxylic acids is 1. The van der Waals surface area contributed by atoms with Crippen molar-refractivity contribution in [2.45, 2.75) is 57.6 Å². The van der Waals surface area contributed by atoms with Crippen molar-refractivity contribution in [3.05, 3.63) is 0 Å². The number of aliphatic hydroxyl groups is 1. The van der Waals surface area contributed by atoms with Gasteiger partial charge in [0.15, 0.2) is 0 Å². The standard InChI is InChI=1S/C14H26N2O4/c1-10-4-6-11(7-5-10)16(3)13(19)15-9-14(2,20)8-12(17)18/h10-11,20H,4-9H2,1-3H3,(H,15,19)(H,17,18). The number of hydrogen-bond donors (Lipinski definition) is 3. The van der Waals surface area contributed by atoms with Gasteiger partial charge in [0.05, 0.1) is 12.0 Å². The number of nitrogens with one attached hydrogen (secondary N) is 1. The molecule has 0 aliphatic heterocycles. The van der Waals surface area contributed by atoms with Gasteiger partial charge in [-0.15, -0.1) is 0 Å². The first-order chi connectivity index (χ1) is 9.21. The molecular weight excluding hydrogens is 260 g/mol. The zero-order chi connectivity index (χ0) is 15.3. The first-order valence-corrected chi connectivity index (χ1v) is 7.16. The van der Waals surface area contributed by atoms with Crippen LogP contribution in [-0.4, -0.2) is 52.3 Å². The molecule has 1 aliphatic carbocycles. The molecule has 20 heavy (non-hydrogen) atoms. The molecule has 0 aromatic rings. The van der Waals surface area contributed by atoms with Crippen LogP contribution in [0, 0.1) is 5.92 Å². The number of urea groups is 1. The van der Waals surface area contributed by atoms with Gasteiger partial charge in [0.25, 0.3) is 0 Å². The average molecular weight is 286 g/mol. The maximum absolute atomic E-state index is 12.0. The highest BCUT2D eigenvalue weighted by molar-refractivity contribution is 5.74. The van der Waals surface area contributed by atoms with E-state index >= 15 is 0 Å². The van der Waals surface area contributed by atoms with Crippen molar-refractivity contribution in [2.75, 3.05) is 13.6 Å². The molecule has 2 amide bonds. The first-order valence-electron chi connectivity index (χ1n) is 7.16. The Morgan fingerprint density at radius 1 is 1.30 bits per heavy atom. The number of aliphatic carboxylic acids is 1. The van der Waals surface area contributed by atoms with E-state index < -0.39 is 18.0 Å². The summed E-state index contributed by atoms with van der Waals surface area (Å²) in [4.78, 5) is 24.3. The Hall–Kier alpha value is -1.30. The minimum absolute atomic E-state index is 0.0639. The summed E-state index contributed by atoms with van der Waals surface area (Å²) >= 11 is 0. The van der Waals surface area contributed by atoms with Crippen LogP contribution in [0.2, 0.25) is 0 Å². The van der Waals surface area contributed by atoms with E-state index in [2.05, 4.69) is 12.2 Å². The molecule has 6 nitrogen and oxygen atoms in total. The van der Waals surface area contributed by atoms with E-state index in [1.807, 2.05) is 0 Å². The summed E-state index contributed by atoms with van der Waals surface area (Å²) in [5.74, 6) is -0.363. The largest absolute Gasteiger partial charge is 0.481 e. The van der Waals surface area contributed by atoms with Crippen LogP contribution in [-0.2, 0) is 4.79 Å². The van der Waals surface area contributed by atoms with Crippen LogP contribution < -0.4 is 5.32 Å². The number of amides is 2. The molecule has 1 aliphatic rings. The molecular formula is C14H26N2O4. The molecule has 1 rings (SSSR count). The molecule has 0 spiro atoms. The van der Waals surface area contributed by atoms with E-state index in [9.17, 15) is 14.7 Å². The Balaban J connectivity index is 2.40. The van der Waals surface area contributed by atoms with Crippen molar-refractivity contribution in [1.82, 2.24) is 10.2 Å². The Morgan fingerprint density at radius 3 is 2.35 bits per heavy atom.